The first-order chi connectivity index (χ1) is 16.2. The number of phenolic OH excluding ortho intramolecular Hbond substituents is 1. The Morgan fingerprint density at radius 1 is 0.848 bits per heavy atom. The highest BCUT2D eigenvalue weighted by molar-refractivity contribution is 5.73. The number of benzene rings is 3. The minimum atomic E-state index is 0.328. The molecule has 1 fully saturated rings. The lowest BCUT2D eigenvalue weighted by atomic mass is 10.0. The van der Waals surface area contributed by atoms with Gasteiger partial charge in [-0.15, -0.1) is 0 Å². The summed E-state index contributed by atoms with van der Waals surface area (Å²) >= 11 is 0. The van der Waals surface area contributed by atoms with Gasteiger partial charge < -0.3 is 14.6 Å². The van der Waals surface area contributed by atoms with Crippen molar-refractivity contribution in [3.05, 3.63) is 83.9 Å². The summed E-state index contributed by atoms with van der Waals surface area (Å²) in [7, 11) is 3.33. The highest BCUT2D eigenvalue weighted by Gasteiger charge is 2.18. The lowest BCUT2D eigenvalue weighted by molar-refractivity contribution is 0.136. The standard InChI is InChI=1S/C28H32N2O3/c1-32-25-11-13-28(33-2)26(20-25)23-10-12-27(31)24(19-23)21-30-17-15-29(16-18-30)14-6-9-22-7-4-3-5-8-22/h3-13,19-20,31H,14-18,21H2,1-2H3. The Morgan fingerprint density at radius 2 is 1.61 bits per heavy atom. The van der Waals surface area contributed by atoms with Crippen LogP contribution in [0.3, 0.4) is 0 Å². The number of nitrogens with zero attached hydrogens (tertiary/aromatic N) is 2. The minimum absolute atomic E-state index is 0.328. The molecule has 0 bridgehead atoms. The molecule has 0 aliphatic carbocycles. The molecule has 0 aromatic heterocycles. The number of hydrogen-bond donors (Lipinski definition) is 1. The van der Waals surface area contributed by atoms with Gasteiger partial charge in [-0.25, -0.2) is 0 Å². The molecule has 1 saturated heterocycles. The topological polar surface area (TPSA) is 45.2 Å². The van der Waals surface area contributed by atoms with E-state index in [9.17, 15) is 5.11 Å². The van der Waals surface area contributed by atoms with Crippen LogP contribution in [-0.4, -0.2) is 61.8 Å². The molecule has 0 saturated carbocycles. The summed E-state index contributed by atoms with van der Waals surface area (Å²) in [4.78, 5) is 4.87. The van der Waals surface area contributed by atoms with E-state index in [1.54, 1.807) is 20.3 Å². The lowest BCUT2D eigenvalue weighted by Crippen LogP contribution is -2.45. The van der Waals surface area contributed by atoms with Crippen LogP contribution in [0.1, 0.15) is 11.1 Å². The average Bonchev–Trinajstić information content (AvgIpc) is 2.86. The third kappa shape index (κ3) is 5.95. The van der Waals surface area contributed by atoms with Gasteiger partial charge in [0.1, 0.15) is 17.2 Å². The molecule has 1 N–H and O–H groups in total. The second-order valence-corrected chi connectivity index (χ2v) is 8.30. The monoisotopic (exact) mass is 444 g/mol. The van der Waals surface area contributed by atoms with Crippen LogP contribution in [0.5, 0.6) is 17.2 Å². The van der Waals surface area contributed by atoms with Crippen molar-refractivity contribution in [1.29, 1.82) is 0 Å². The van der Waals surface area contributed by atoms with Gasteiger partial charge in [-0.2, -0.15) is 0 Å². The molecule has 33 heavy (non-hydrogen) atoms. The third-order valence-electron chi connectivity index (χ3n) is 6.13. The Bertz CT molecular complexity index is 1070. The Balaban J connectivity index is 1.38. The molecule has 0 unspecified atom stereocenters. The van der Waals surface area contributed by atoms with Gasteiger partial charge in [0.15, 0.2) is 0 Å². The van der Waals surface area contributed by atoms with Crippen LogP contribution >= 0.6 is 0 Å². The molecule has 1 heterocycles. The number of methoxy groups -OCH3 is 2. The minimum Gasteiger partial charge on any atom is -0.508 e. The summed E-state index contributed by atoms with van der Waals surface area (Å²) in [6, 6.07) is 21.9. The first-order valence-electron chi connectivity index (χ1n) is 11.4. The van der Waals surface area contributed by atoms with Crippen LogP contribution in [0.2, 0.25) is 0 Å². The number of hydrogen-bond acceptors (Lipinski definition) is 5. The molecular weight excluding hydrogens is 412 g/mol. The van der Waals surface area contributed by atoms with E-state index in [0.717, 1.165) is 67.5 Å². The van der Waals surface area contributed by atoms with Crippen molar-refractivity contribution < 1.29 is 14.6 Å². The van der Waals surface area contributed by atoms with E-state index in [0.29, 0.717) is 5.75 Å². The van der Waals surface area contributed by atoms with Gasteiger partial charge in [0.25, 0.3) is 0 Å². The second-order valence-electron chi connectivity index (χ2n) is 8.30. The van der Waals surface area contributed by atoms with Gasteiger partial charge in [0.2, 0.25) is 0 Å². The van der Waals surface area contributed by atoms with E-state index in [1.165, 1.54) is 5.56 Å². The summed E-state index contributed by atoms with van der Waals surface area (Å²) in [6.07, 6.45) is 4.42. The first-order valence-corrected chi connectivity index (χ1v) is 11.4. The van der Waals surface area contributed by atoms with Gasteiger partial charge in [-0.1, -0.05) is 48.6 Å². The van der Waals surface area contributed by atoms with Crippen molar-refractivity contribution in [3.8, 4) is 28.4 Å². The number of ether oxygens (including phenoxy) is 2. The van der Waals surface area contributed by atoms with Crippen LogP contribution in [-0.2, 0) is 6.54 Å². The summed E-state index contributed by atoms with van der Waals surface area (Å²) in [5.74, 6) is 1.89. The SMILES string of the molecule is COc1ccc(OC)c(-c2ccc(O)c(CN3CCN(CC=Cc4ccccc4)CC3)c2)c1. The Kier molecular flexibility index (Phi) is 7.66. The summed E-state index contributed by atoms with van der Waals surface area (Å²) < 4.78 is 10.9. The zero-order valence-corrected chi connectivity index (χ0v) is 19.4. The molecule has 1 aliphatic heterocycles. The Labute approximate surface area is 196 Å². The zero-order chi connectivity index (χ0) is 23.0. The summed E-state index contributed by atoms with van der Waals surface area (Å²) in [5.41, 5.74) is 4.12. The predicted octanol–water partition coefficient (Wildman–Crippen LogP) is 4.91. The van der Waals surface area contributed by atoms with Crippen LogP contribution in [0, 0.1) is 0 Å². The van der Waals surface area contributed by atoms with Crippen LogP contribution in [0.15, 0.2) is 72.8 Å². The molecule has 3 aromatic rings. The van der Waals surface area contributed by atoms with Gasteiger partial charge in [0.05, 0.1) is 14.2 Å². The second kappa shape index (κ2) is 11.0. The zero-order valence-electron chi connectivity index (χ0n) is 19.4. The fraction of sp³-hybridized carbons (Fsp3) is 0.286. The van der Waals surface area contributed by atoms with Crippen molar-refractivity contribution in [2.75, 3.05) is 46.9 Å². The van der Waals surface area contributed by atoms with Gasteiger partial charge in [-0.3, -0.25) is 9.80 Å². The van der Waals surface area contributed by atoms with E-state index >= 15 is 0 Å². The molecule has 172 valence electrons. The Morgan fingerprint density at radius 3 is 2.33 bits per heavy atom. The van der Waals surface area contributed by atoms with Crippen molar-refractivity contribution in [1.82, 2.24) is 9.80 Å². The van der Waals surface area contributed by atoms with Crippen molar-refractivity contribution in [2.45, 2.75) is 6.54 Å². The van der Waals surface area contributed by atoms with E-state index in [1.807, 2.05) is 30.3 Å². The Hall–Kier alpha value is -3.28. The molecule has 0 amide bonds. The predicted molar refractivity (Wildman–Crippen MR) is 134 cm³/mol. The highest BCUT2D eigenvalue weighted by atomic mass is 16.5. The highest BCUT2D eigenvalue weighted by Crippen LogP contribution is 2.35. The van der Waals surface area contributed by atoms with E-state index in [-0.39, 0.29) is 0 Å². The molecule has 0 atom stereocenters. The molecule has 5 nitrogen and oxygen atoms in total. The summed E-state index contributed by atoms with van der Waals surface area (Å²) in [6.45, 7) is 5.67. The van der Waals surface area contributed by atoms with E-state index < -0.39 is 0 Å². The molecule has 3 aromatic carbocycles. The van der Waals surface area contributed by atoms with Crippen molar-refractivity contribution in [3.63, 3.8) is 0 Å². The molecule has 0 spiro atoms. The molecule has 5 heteroatoms. The first kappa shape index (κ1) is 22.9. The number of rotatable bonds is 8. The van der Waals surface area contributed by atoms with Gasteiger partial charge in [0, 0.05) is 50.4 Å². The van der Waals surface area contributed by atoms with Crippen molar-refractivity contribution >= 4 is 6.08 Å². The third-order valence-corrected chi connectivity index (χ3v) is 6.13. The quantitative estimate of drug-likeness (QED) is 0.535. The largest absolute Gasteiger partial charge is 0.508 e. The lowest BCUT2D eigenvalue weighted by Gasteiger charge is -2.34. The van der Waals surface area contributed by atoms with Gasteiger partial charge in [-0.05, 0) is 41.5 Å². The molecule has 4 rings (SSSR count). The maximum atomic E-state index is 10.5. The maximum absolute atomic E-state index is 10.5. The fourth-order valence-electron chi connectivity index (χ4n) is 4.19. The maximum Gasteiger partial charge on any atom is 0.126 e. The summed E-state index contributed by atoms with van der Waals surface area (Å²) in [5, 5.41) is 10.5. The normalized spacial score (nSPS) is 15.1. The number of piperazine rings is 1. The van der Waals surface area contributed by atoms with Crippen LogP contribution in [0.4, 0.5) is 0 Å². The van der Waals surface area contributed by atoms with Gasteiger partial charge >= 0.3 is 0 Å². The molecule has 0 radical (unpaired) electrons. The average molecular weight is 445 g/mol. The van der Waals surface area contributed by atoms with E-state index in [2.05, 4.69) is 52.3 Å². The smallest absolute Gasteiger partial charge is 0.126 e. The van der Waals surface area contributed by atoms with Crippen LogP contribution < -0.4 is 9.47 Å². The van der Waals surface area contributed by atoms with Crippen molar-refractivity contribution in [2.24, 2.45) is 0 Å². The van der Waals surface area contributed by atoms with Crippen LogP contribution in [0.25, 0.3) is 17.2 Å². The number of phenols is 1. The fourth-order valence-corrected chi connectivity index (χ4v) is 4.19. The molecular formula is C28H32N2O3. The van der Waals surface area contributed by atoms with E-state index in [4.69, 9.17) is 9.47 Å². The molecule has 1 aliphatic rings. The number of aromatic hydroxyl groups is 1.